The van der Waals surface area contributed by atoms with E-state index in [-0.39, 0.29) is 37.4 Å². The molecule has 0 bridgehead atoms. The molecule has 2 aromatic carbocycles. The minimum Gasteiger partial charge on any atom is -0.462 e. The quantitative estimate of drug-likeness (QED) is 0.324. The Labute approximate surface area is 241 Å². The van der Waals surface area contributed by atoms with Crippen LogP contribution >= 0.6 is 0 Å². The molecule has 2 amide bonds. The smallest absolute Gasteiger partial charge is 0.411 e. The standard InChI is InChI=1S/C32H42N2O7/c1-4-40-29(38)22-11-8-12-23(17-22)34-30(39)41-27-15-16-31(2)24(25(36)13-14-26(31)32(27,3)20-35)18-28(37)33-19-21-9-6-5-7-10-21/h5-12,17,24-27,35-36H,4,13-16,18-20H2,1-3H3,(H,33,37)(H,34,39)/t24-,25-,26+,27-,31+,32+/m1/s1. The molecule has 6 atom stereocenters. The van der Waals surface area contributed by atoms with Gasteiger partial charge in [0.15, 0.2) is 0 Å². The first kappa shape index (κ1) is 30.5. The molecule has 9 heteroatoms. The molecule has 0 heterocycles. The molecule has 2 aromatic rings. The highest BCUT2D eigenvalue weighted by molar-refractivity contribution is 5.92. The molecule has 0 radical (unpaired) electrons. The summed E-state index contributed by atoms with van der Waals surface area (Å²) in [7, 11) is 0. The zero-order chi connectivity index (χ0) is 29.6. The highest BCUT2D eigenvalue weighted by atomic mass is 16.6. The maximum absolute atomic E-state index is 13.0. The van der Waals surface area contributed by atoms with Crippen LogP contribution in [-0.2, 0) is 20.8 Å². The second-order valence-corrected chi connectivity index (χ2v) is 11.8. The van der Waals surface area contributed by atoms with E-state index in [1.165, 1.54) is 6.07 Å². The van der Waals surface area contributed by atoms with Crippen molar-refractivity contribution in [3.05, 3.63) is 65.7 Å². The van der Waals surface area contributed by atoms with Crippen molar-refractivity contribution in [1.29, 1.82) is 0 Å². The lowest BCUT2D eigenvalue weighted by Gasteiger charge is -2.60. The van der Waals surface area contributed by atoms with Crippen molar-refractivity contribution in [3.8, 4) is 0 Å². The molecule has 41 heavy (non-hydrogen) atoms. The van der Waals surface area contributed by atoms with Crippen LogP contribution in [0.4, 0.5) is 10.5 Å². The highest BCUT2D eigenvalue weighted by Crippen LogP contribution is 2.61. The van der Waals surface area contributed by atoms with E-state index in [9.17, 15) is 24.6 Å². The number of anilines is 1. The molecule has 2 saturated carbocycles. The summed E-state index contributed by atoms with van der Waals surface area (Å²) >= 11 is 0. The van der Waals surface area contributed by atoms with Crippen LogP contribution in [0.25, 0.3) is 0 Å². The lowest BCUT2D eigenvalue weighted by molar-refractivity contribution is -0.185. The highest BCUT2D eigenvalue weighted by Gasteiger charge is 2.60. The predicted octanol–water partition coefficient (Wildman–Crippen LogP) is 4.67. The number of amides is 2. The van der Waals surface area contributed by atoms with Gasteiger partial charge < -0.3 is 25.0 Å². The van der Waals surface area contributed by atoms with E-state index >= 15 is 0 Å². The first-order valence-electron chi connectivity index (χ1n) is 14.4. The number of benzene rings is 2. The van der Waals surface area contributed by atoms with Gasteiger partial charge in [-0.25, -0.2) is 9.59 Å². The number of fused-ring (bicyclic) bond motifs is 1. The van der Waals surface area contributed by atoms with Crippen LogP contribution in [0.5, 0.6) is 0 Å². The van der Waals surface area contributed by atoms with E-state index in [0.717, 1.165) is 5.56 Å². The van der Waals surface area contributed by atoms with E-state index in [1.54, 1.807) is 25.1 Å². The summed E-state index contributed by atoms with van der Waals surface area (Å²) in [6.07, 6.45) is 0.590. The van der Waals surface area contributed by atoms with Crippen molar-refractivity contribution in [3.63, 3.8) is 0 Å². The molecular formula is C32H42N2O7. The summed E-state index contributed by atoms with van der Waals surface area (Å²) in [5, 5.41) is 27.4. The summed E-state index contributed by atoms with van der Waals surface area (Å²) in [4.78, 5) is 38.0. The molecule has 0 spiro atoms. The lowest BCUT2D eigenvalue weighted by Crippen LogP contribution is -2.61. The lowest BCUT2D eigenvalue weighted by atomic mass is 9.46. The van der Waals surface area contributed by atoms with Crippen molar-refractivity contribution < 1.29 is 34.1 Å². The normalized spacial score (nSPS) is 29.1. The second kappa shape index (κ2) is 13.0. The van der Waals surface area contributed by atoms with Gasteiger partial charge in [-0.1, -0.05) is 50.2 Å². The van der Waals surface area contributed by atoms with Crippen molar-refractivity contribution in [1.82, 2.24) is 5.32 Å². The van der Waals surface area contributed by atoms with Crippen LogP contribution in [0.1, 0.15) is 68.8 Å². The zero-order valence-electron chi connectivity index (χ0n) is 24.1. The van der Waals surface area contributed by atoms with E-state index in [1.807, 2.05) is 37.3 Å². The molecule has 4 N–H and O–H groups in total. The molecule has 2 aliphatic carbocycles. The van der Waals surface area contributed by atoms with Crippen LogP contribution in [0.3, 0.4) is 0 Å². The van der Waals surface area contributed by atoms with Gasteiger partial charge in [-0.3, -0.25) is 10.1 Å². The molecular weight excluding hydrogens is 524 g/mol. The van der Waals surface area contributed by atoms with Crippen molar-refractivity contribution in [2.45, 2.75) is 71.6 Å². The fraction of sp³-hybridized carbons (Fsp3) is 0.531. The zero-order valence-corrected chi connectivity index (χ0v) is 24.1. The van der Waals surface area contributed by atoms with Gasteiger partial charge in [0.1, 0.15) is 6.10 Å². The topological polar surface area (TPSA) is 134 Å². The monoisotopic (exact) mass is 566 g/mol. The average Bonchev–Trinajstić information content (AvgIpc) is 2.96. The van der Waals surface area contributed by atoms with E-state index < -0.39 is 35.1 Å². The van der Waals surface area contributed by atoms with E-state index in [4.69, 9.17) is 9.47 Å². The number of carbonyl (C=O) groups is 3. The van der Waals surface area contributed by atoms with Gasteiger partial charge in [-0.2, -0.15) is 0 Å². The fourth-order valence-electron chi connectivity index (χ4n) is 7.06. The Bertz CT molecular complexity index is 1220. The molecule has 2 aliphatic rings. The minimum atomic E-state index is -0.768. The Morgan fingerprint density at radius 3 is 2.49 bits per heavy atom. The Balaban J connectivity index is 1.43. The Hall–Kier alpha value is -3.43. The summed E-state index contributed by atoms with van der Waals surface area (Å²) in [6, 6.07) is 16.1. The minimum absolute atomic E-state index is 0.0750. The maximum Gasteiger partial charge on any atom is 0.411 e. The summed E-state index contributed by atoms with van der Waals surface area (Å²) in [6.45, 7) is 6.22. The number of hydrogen-bond donors (Lipinski definition) is 4. The van der Waals surface area contributed by atoms with Crippen molar-refractivity contribution in [2.24, 2.45) is 22.7 Å². The van der Waals surface area contributed by atoms with Gasteiger partial charge in [-0.15, -0.1) is 0 Å². The molecule has 2 fully saturated rings. The fourth-order valence-corrected chi connectivity index (χ4v) is 7.06. The van der Waals surface area contributed by atoms with Gasteiger partial charge in [0.2, 0.25) is 5.91 Å². The second-order valence-electron chi connectivity index (χ2n) is 11.8. The van der Waals surface area contributed by atoms with Crippen molar-refractivity contribution >= 4 is 23.7 Å². The Kier molecular flexibility index (Phi) is 9.71. The summed E-state index contributed by atoms with van der Waals surface area (Å²) in [5.41, 5.74) is 0.525. The molecule has 222 valence electrons. The predicted molar refractivity (Wildman–Crippen MR) is 154 cm³/mol. The van der Waals surface area contributed by atoms with Crippen molar-refractivity contribution in [2.75, 3.05) is 18.5 Å². The number of aliphatic hydroxyl groups excluding tert-OH is 2. The van der Waals surface area contributed by atoms with E-state index in [2.05, 4.69) is 17.6 Å². The van der Waals surface area contributed by atoms with Crippen LogP contribution in [0.15, 0.2) is 54.6 Å². The maximum atomic E-state index is 13.0. The molecule has 0 aliphatic heterocycles. The first-order chi connectivity index (χ1) is 19.6. The number of rotatable bonds is 9. The van der Waals surface area contributed by atoms with Gasteiger partial charge in [0.25, 0.3) is 0 Å². The molecule has 0 saturated heterocycles. The molecule has 0 aromatic heterocycles. The van der Waals surface area contributed by atoms with Gasteiger partial charge in [-0.05, 0) is 73.6 Å². The number of hydrogen-bond acceptors (Lipinski definition) is 7. The van der Waals surface area contributed by atoms with Crippen LogP contribution in [0, 0.1) is 22.7 Å². The first-order valence-corrected chi connectivity index (χ1v) is 14.4. The van der Waals surface area contributed by atoms with E-state index in [0.29, 0.717) is 43.5 Å². The van der Waals surface area contributed by atoms with Crippen LogP contribution < -0.4 is 10.6 Å². The third-order valence-electron chi connectivity index (χ3n) is 9.28. The Morgan fingerprint density at radius 1 is 1.02 bits per heavy atom. The summed E-state index contributed by atoms with van der Waals surface area (Å²) < 4.78 is 10.9. The number of carbonyl (C=O) groups excluding carboxylic acids is 3. The summed E-state index contributed by atoms with van der Waals surface area (Å²) in [5.74, 6) is -0.961. The van der Waals surface area contributed by atoms with Gasteiger partial charge in [0, 0.05) is 24.1 Å². The van der Waals surface area contributed by atoms with Gasteiger partial charge in [0.05, 0.1) is 24.9 Å². The number of nitrogens with one attached hydrogen (secondary N) is 2. The Morgan fingerprint density at radius 2 is 1.78 bits per heavy atom. The van der Waals surface area contributed by atoms with Crippen LogP contribution in [0.2, 0.25) is 0 Å². The third-order valence-corrected chi connectivity index (χ3v) is 9.28. The largest absolute Gasteiger partial charge is 0.462 e. The van der Waals surface area contributed by atoms with Crippen LogP contribution in [-0.4, -0.2) is 53.6 Å². The van der Waals surface area contributed by atoms with Gasteiger partial charge >= 0.3 is 12.1 Å². The number of aliphatic hydroxyl groups is 2. The molecule has 9 nitrogen and oxygen atoms in total. The number of esters is 1. The molecule has 0 unspecified atom stereocenters. The third kappa shape index (κ3) is 6.73. The molecule has 4 rings (SSSR count). The average molecular weight is 567 g/mol. The number of ether oxygens (including phenoxy) is 2. The SMILES string of the molecule is CCOC(=O)c1cccc(NC(=O)O[C@@H]2CC[C@]3(C)[C@H](CC[C@@H](O)[C@H]3CC(=O)NCc3ccccc3)[C@]2(C)CO)c1.